The summed E-state index contributed by atoms with van der Waals surface area (Å²) < 4.78 is 10.5. The summed E-state index contributed by atoms with van der Waals surface area (Å²) in [6.45, 7) is 7.63. The van der Waals surface area contributed by atoms with Gasteiger partial charge in [-0.15, -0.1) is 0 Å². The molecular weight excluding hydrogens is 316 g/mol. The van der Waals surface area contributed by atoms with Gasteiger partial charge in [-0.2, -0.15) is 0 Å². The van der Waals surface area contributed by atoms with Crippen molar-refractivity contribution in [2.24, 2.45) is 4.99 Å². The van der Waals surface area contributed by atoms with E-state index in [0.717, 1.165) is 36.3 Å². The molecular formula is C19H28N4O2. The number of hydrogen-bond donors (Lipinski definition) is 1. The van der Waals surface area contributed by atoms with Gasteiger partial charge in [-0.3, -0.25) is 4.99 Å². The first kappa shape index (κ1) is 18.8. The van der Waals surface area contributed by atoms with E-state index in [0.29, 0.717) is 0 Å². The molecule has 0 saturated heterocycles. The number of benzene rings is 1. The van der Waals surface area contributed by atoms with Crippen molar-refractivity contribution >= 4 is 5.96 Å². The van der Waals surface area contributed by atoms with E-state index in [2.05, 4.69) is 39.4 Å². The predicted octanol–water partition coefficient (Wildman–Crippen LogP) is 3.11. The lowest BCUT2D eigenvalue weighted by Gasteiger charge is -2.23. The van der Waals surface area contributed by atoms with Crippen molar-refractivity contribution in [1.29, 1.82) is 0 Å². The molecule has 0 aliphatic rings. The summed E-state index contributed by atoms with van der Waals surface area (Å²) in [7, 11) is 5.50. The number of guanidine groups is 1. The normalized spacial score (nSPS) is 12.8. The topological polar surface area (TPSA) is 62.9 Å². The second kappa shape index (κ2) is 8.55. The average molecular weight is 344 g/mol. The van der Waals surface area contributed by atoms with Crippen LogP contribution in [0.4, 0.5) is 0 Å². The van der Waals surface area contributed by atoms with Gasteiger partial charge in [0.2, 0.25) is 0 Å². The Morgan fingerprint density at radius 1 is 1.32 bits per heavy atom. The lowest BCUT2D eigenvalue weighted by atomic mass is 10.00. The quantitative estimate of drug-likeness (QED) is 0.644. The Kier molecular flexibility index (Phi) is 6.44. The van der Waals surface area contributed by atoms with Crippen LogP contribution in [0, 0.1) is 13.8 Å². The highest BCUT2D eigenvalue weighted by Gasteiger charge is 2.17. The van der Waals surface area contributed by atoms with E-state index in [4.69, 9.17) is 9.26 Å². The van der Waals surface area contributed by atoms with Crippen LogP contribution < -0.4 is 10.1 Å². The Labute approximate surface area is 149 Å². The standard InChI is InChI=1S/C19H28N4O2/c1-13(18-14(2)22-25-15(18)3)11-21-19(20-4)23(5)12-16-7-9-17(24-6)10-8-16/h7-10,13H,11-12H2,1-6H3,(H,20,21). The van der Waals surface area contributed by atoms with Gasteiger partial charge in [0.05, 0.1) is 12.8 Å². The van der Waals surface area contributed by atoms with Gasteiger partial charge in [0.1, 0.15) is 11.5 Å². The summed E-state index contributed by atoms with van der Waals surface area (Å²) in [6.07, 6.45) is 0. The van der Waals surface area contributed by atoms with E-state index >= 15 is 0 Å². The second-order valence-electron chi connectivity index (χ2n) is 6.27. The summed E-state index contributed by atoms with van der Waals surface area (Å²) in [5, 5.41) is 7.47. The molecule has 136 valence electrons. The maximum absolute atomic E-state index is 5.27. The van der Waals surface area contributed by atoms with E-state index in [1.54, 1.807) is 14.2 Å². The number of aryl methyl sites for hydroxylation is 2. The van der Waals surface area contributed by atoms with Gasteiger partial charge in [-0.25, -0.2) is 0 Å². The van der Waals surface area contributed by atoms with Crippen molar-refractivity contribution in [3.63, 3.8) is 0 Å². The molecule has 1 aromatic heterocycles. The molecule has 2 aromatic rings. The molecule has 1 heterocycles. The largest absolute Gasteiger partial charge is 0.497 e. The van der Waals surface area contributed by atoms with Gasteiger partial charge < -0.3 is 19.5 Å². The van der Waals surface area contributed by atoms with E-state index in [-0.39, 0.29) is 5.92 Å². The number of aromatic nitrogens is 1. The van der Waals surface area contributed by atoms with Crippen LogP contribution >= 0.6 is 0 Å². The van der Waals surface area contributed by atoms with Crippen LogP contribution in [0.3, 0.4) is 0 Å². The van der Waals surface area contributed by atoms with Gasteiger partial charge >= 0.3 is 0 Å². The Morgan fingerprint density at radius 3 is 2.52 bits per heavy atom. The first-order valence-corrected chi connectivity index (χ1v) is 8.43. The lowest BCUT2D eigenvalue weighted by Crippen LogP contribution is -2.40. The van der Waals surface area contributed by atoms with Crippen molar-refractivity contribution in [3.8, 4) is 5.75 Å². The molecule has 6 heteroatoms. The highest BCUT2D eigenvalue weighted by atomic mass is 16.5. The predicted molar refractivity (Wildman–Crippen MR) is 100 cm³/mol. The Hall–Kier alpha value is -2.50. The van der Waals surface area contributed by atoms with E-state index in [9.17, 15) is 0 Å². The summed E-state index contributed by atoms with van der Waals surface area (Å²) in [5.74, 6) is 2.89. The first-order chi connectivity index (χ1) is 12.0. The molecule has 1 atom stereocenters. The van der Waals surface area contributed by atoms with Crippen LogP contribution in [0.15, 0.2) is 33.8 Å². The fraction of sp³-hybridized carbons (Fsp3) is 0.474. The average Bonchev–Trinajstić information content (AvgIpc) is 2.94. The summed E-state index contributed by atoms with van der Waals surface area (Å²) in [5.41, 5.74) is 3.32. The van der Waals surface area contributed by atoms with Gasteiger partial charge in [-0.1, -0.05) is 24.2 Å². The molecule has 0 radical (unpaired) electrons. The minimum Gasteiger partial charge on any atom is -0.497 e. The molecule has 2 rings (SSSR count). The van der Waals surface area contributed by atoms with Crippen LogP contribution in [0.2, 0.25) is 0 Å². The number of methoxy groups -OCH3 is 1. The second-order valence-corrected chi connectivity index (χ2v) is 6.27. The van der Waals surface area contributed by atoms with Crippen molar-refractivity contribution in [2.75, 3.05) is 27.7 Å². The van der Waals surface area contributed by atoms with Crippen LogP contribution in [0.1, 0.15) is 35.4 Å². The van der Waals surface area contributed by atoms with Crippen molar-refractivity contribution in [2.45, 2.75) is 33.2 Å². The van der Waals surface area contributed by atoms with Crippen LogP contribution in [0.25, 0.3) is 0 Å². The third-order valence-corrected chi connectivity index (χ3v) is 4.30. The Balaban J connectivity index is 1.94. The Morgan fingerprint density at radius 2 is 2.00 bits per heavy atom. The van der Waals surface area contributed by atoms with E-state index < -0.39 is 0 Å². The molecule has 0 aliphatic carbocycles. The number of nitrogens with zero attached hydrogens (tertiary/aromatic N) is 3. The molecule has 1 aromatic carbocycles. The maximum atomic E-state index is 5.27. The molecule has 1 N–H and O–H groups in total. The number of nitrogens with one attached hydrogen (secondary N) is 1. The molecule has 0 saturated carbocycles. The third kappa shape index (κ3) is 4.75. The van der Waals surface area contributed by atoms with Gasteiger partial charge in [0.25, 0.3) is 0 Å². The number of rotatable bonds is 6. The Bertz CT molecular complexity index is 687. The zero-order valence-electron chi connectivity index (χ0n) is 16.0. The third-order valence-electron chi connectivity index (χ3n) is 4.30. The number of ether oxygens (including phenoxy) is 1. The van der Waals surface area contributed by atoms with E-state index in [1.807, 2.05) is 33.0 Å². The monoisotopic (exact) mass is 344 g/mol. The summed E-state index contributed by atoms with van der Waals surface area (Å²) >= 11 is 0. The minimum absolute atomic E-state index is 0.289. The summed E-state index contributed by atoms with van der Waals surface area (Å²) in [6, 6.07) is 8.07. The molecule has 0 amide bonds. The lowest BCUT2D eigenvalue weighted by molar-refractivity contribution is 0.391. The van der Waals surface area contributed by atoms with Crippen LogP contribution in [0.5, 0.6) is 5.75 Å². The molecule has 0 fully saturated rings. The van der Waals surface area contributed by atoms with Crippen molar-refractivity contribution in [3.05, 3.63) is 46.8 Å². The fourth-order valence-electron chi connectivity index (χ4n) is 3.00. The molecule has 0 aliphatic heterocycles. The van der Waals surface area contributed by atoms with Gasteiger partial charge in [-0.05, 0) is 31.5 Å². The van der Waals surface area contributed by atoms with Crippen LogP contribution in [-0.4, -0.2) is 43.8 Å². The highest BCUT2D eigenvalue weighted by Crippen LogP contribution is 2.22. The highest BCUT2D eigenvalue weighted by molar-refractivity contribution is 5.79. The zero-order chi connectivity index (χ0) is 18.4. The molecule has 1 unspecified atom stereocenters. The minimum atomic E-state index is 0.289. The summed E-state index contributed by atoms with van der Waals surface area (Å²) in [4.78, 5) is 6.48. The number of aliphatic imine (C=N–C) groups is 1. The first-order valence-electron chi connectivity index (χ1n) is 8.43. The van der Waals surface area contributed by atoms with Gasteiger partial charge in [0, 0.05) is 38.7 Å². The molecule has 25 heavy (non-hydrogen) atoms. The SMILES string of the molecule is CN=C(NCC(C)c1c(C)noc1C)N(C)Cc1ccc(OC)cc1. The molecule has 0 spiro atoms. The smallest absolute Gasteiger partial charge is 0.193 e. The zero-order valence-corrected chi connectivity index (χ0v) is 16.0. The van der Waals surface area contributed by atoms with E-state index in [1.165, 1.54) is 11.1 Å². The molecule has 0 bridgehead atoms. The fourth-order valence-corrected chi connectivity index (χ4v) is 3.00. The maximum Gasteiger partial charge on any atom is 0.193 e. The van der Waals surface area contributed by atoms with Crippen LogP contribution in [-0.2, 0) is 6.54 Å². The molecule has 6 nitrogen and oxygen atoms in total. The number of hydrogen-bond acceptors (Lipinski definition) is 4. The van der Waals surface area contributed by atoms with Crippen molar-refractivity contribution < 1.29 is 9.26 Å². The van der Waals surface area contributed by atoms with Crippen molar-refractivity contribution in [1.82, 2.24) is 15.4 Å². The van der Waals surface area contributed by atoms with Gasteiger partial charge in [0.15, 0.2) is 5.96 Å².